The van der Waals surface area contributed by atoms with Gasteiger partial charge < -0.3 is 16.0 Å². The van der Waals surface area contributed by atoms with Crippen LogP contribution in [0.3, 0.4) is 0 Å². The molecule has 1 fully saturated rings. The van der Waals surface area contributed by atoms with E-state index in [1.807, 2.05) is 60.5 Å². The SMILES string of the molecule is CC(=O)N(C)[C@H]1CC[C@H](CC(=O)Nc2cnc(-c3ccc(CN)cc3)c(-c3ccccc3)c2)CC1. The van der Waals surface area contributed by atoms with Gasteiger partial charge in [-0.3, -0.25) is 14.6 Å². The Morgan fingerprint density at radius 3 is 2.31 bits per heavy atom. The second-order valence-corrected chi connectivity index (χ2v) is 9.44. The van der Waals surface area contributed by atoms with Gasteiger partial charge in [-0.25, -0.2) is 0 Å². The zero-order valence-corrected chi connectivity index (χ0v) is 20.5. The first kappa shape index (κ1) is 24.6. The van der Waals surface area contributed by atoms with Crippen molar-refractivity contribution in [1.29, 1.82) is 0 Å². The monoisotopic (exact) mass is 470 g/mol. The molecule has 3 aromatic rings. The van der Waals surface area contributed by atoms with Gasteiger partial charge in [0.1, 0.15) is 0 Å². The Bertz CT molecular complexity index is 1150. The third kappa shape index (κ3) is 6.14. The van der Waals surface area contributed by atoms with E-state index in [-0.39, 0.29) is 17.9 Å². The molecule has 0 atom stereocenters. The Balaban J connectivity index is 1.47. The standard InChI is InChI=1S/C29H34N4O2/c1-20(34)33(2)26-14-10-21(11-15-26)16-28(35)32-25-17-27(23-6-4-3-5-7-23)29(31-19-25)24-12-8-22(18-30)9-13-24/h3-9,12-13,17,19,21,26H,10-11,14-16,18,30H2,1-2H3,(H,32,35)/t21-,26-. The van der Waals surface area contributed by atoms with Gasteiger partial charge in [0.05, 0.1) is 17.6 Å². The maximum atomic E-state index is 12.9. The topological polar surface area (TPSA) is 88.3 Å². The zero-order chi connectivity index (χ0) is 24.8. The van der Waals surface area contributed by atoms with Gasteiger partial charge in [0, 0.05) is 44.1 Å². The first-order valence-corrected chi connectivity index (χ1v) is 12.3. The van der Waals surface area contributed by atoms with Crippen molar-refractivity contribution in [3.63, 3.8) is 0 Å². The Morgan fingerprint density at radius 1 is 1.00 bits per heavy atom. The maximum Gasteiger partial charge on any atom is 0.224 e. The van der Waals surface area contributed by atoms with Gasteiger partial charge in [0.25, 0.3) is 0 Å². The van der Waals surface area contributed by atoms with E-state index in [0.29, 0.717) is 24.6 Å². The molecule has 0 aliphatic heterocycles. The first-order valence-electron chi connectivity index (χ1n) is 12.3. The van der Waals surface area contributed by atoms with E-state index in [9.17, 15) is 9.59 Å². The largest absolute Gasteiger partial charge is 0.343 e. The van der Waals surface area contributed by atoms with E-state index in [0.717, 1.165) is 53.6 Å². The third-order valence-corrected chi connectivity index (χ3v) is 7.05. The second-order valence-electron chi connectivity index (χ2n) is 9.44. The van der Waals surface area contributed by atoms with Gasteiger partial charge in [-0.2, -0.15) is 0 Å². The normalized spacial score (nSPS) is 17.6. The minimum Gasteiger partial charge on any atom is -0.343 e. The van der Waals surface area contributed by atoms with Gasteiger partial charge in [-0.1, -0.05) is 54.6 Å². The van der Waals surface area contributed by atoms with Crippen LogP contribution in [0.5, 0.6) is 0 Å². The summed E-state index contributed by atoms with van der Waals surface area (Å²) in [4.78, 5) is 31.1. The average Bonchev–Trinajstić information content (AvgIpc) is 2.89. The van der Waals surface area contributed by atoms with Gasteiger partial charge in [-0.05, 0) is 48.8 Å². The van der Waals surface area contributed by atoms with Crippen molar-refractivity contribution >= 4 is 17.5 Å². The number of hydrogen-bond donors (Lipinski definition) is 2. The molecule has 35 heavy (non-hydrogen) atoms. The van der Waals surface area contributed by atoms with E-state index in [4.69, 9.17) is 10.7 Å². The number of aromatic nitrogens is 1. The molecule has 1 aliphatic rings. The molecule has 182 valence electrons. The number of rotatable bonds is 7. The number of carbonyl (C=O) groups is 2. The number of benzene rings is 2. The Morgan fingerprint density at radius 2 is 1.69 bits per heavy atom. The number of nitrogens with one attached hydrogen (secondary N) is 1. The molecule has 1 aliphatic carbocycles. The minimum atomic E-state index is 0.00855. The number of carbonyl (C=O) groups excluding carboxylic acids is 2. The number of nitrogens with zero attached hydrogens (tertiary/aromatic N) is 2. The van der Waals surface area contributed by atoms with Crippen LogP contribution >= 0.6 is 0 Å². The summed E-state index contributed by atoms with van der Waals surface area (Å²) >= 11 is 0. The predicted octanol–water partition coefficient (Wildman–Crippen LogP) is 5.24. The van der Waals surface area contributed by atoms with Gasteiger partial charge >= 0.3 is 0 Å². The number of pyridine rings is 1. The number of hydrogen-bond acceptors (Lipinski definition) is 4. The van der Waals surface area contributed by atoms with Crippen LogP contribution in [-0.4, -0.2) is 34.8 Å². The summed E-state index contributed by atoms with van der Waals surface area (Å²) in [5, 5.41) is 3.07. The van der Waals surface area contributed by atoms with Crippen LogP contribution < -0.4 is 11.1 Å². The van der Waals surface area contributed by atoms with E-state index in [1.54, 1.807) is 13.1 Å². The fraction of sp³-hybridized carbons (Fsp3) is 0.345. The van der Waals surface area contributed by atoms with E-state index in [2.05, 4.69) is 17.4 Å². The van der Waals surface area contributed by atoms with Crippen LogP contribution in [0.1, 0.15) is 44.6 Å². The smallest absolute Gasteiger partial charge is 0.224 e. The molecule has 0 unspecified atom stereocenters. The summed E-state index contributed by atoms with van der Waals surface area (Å²) in [6.07, 6.45) is 6.04. The Labute approximate surface area is 207 Å². The number of anilines is 1. The summed E-state index contributed by atoms with van der Waals surface area (Å²) in [6.45, 7) is 2.11. The van der Waals surface area contributed by atoms with Crippen molar-refractivity contribution in [3.8, 4) is 22.4 Å². The van der Waals surface area contributed by atoms with Crippen LogP contribution in [0.25, 0.3) is 22.4 Å². The Hall–Kier alpha value is -3.51. The predicted molar refractivity (Wildman–Crippen MR) is 140 cm³/mol. The lowest BCUT2D eigenvalue weighted by molar-refractivity contribution is -0.130. The number of amides is 2. The molecule has 0 radical (unpaired) electrons. The highest BCUT2D eigenvalue weighted by Gasteiger charge is 2.26. The van der Waals surface area contributed by atoms with Crippen LogP contribution in [0.2, 0.25) is 0 Å². The quantitative estimate of drug-likeness (QED) is 0.494. The van der Waals surface area contributed by atoms with Crippen LogP contribution in [0, 0.1) is 5.92 Å². The summed E-state index contributed by atoms with van der Waals surface area (Å²) in [6, 6.07) is 20.5. The number of nitrogens with two attached hydrogens (primary N) is 1. The van der Waals surface area contributed by atoms with Crippen LogP contribution in [-0.2, 0) is 16.1 Å². The molecule has 2 amide bonds. The fourth-order valence-electron chi connectivity index (χ4n) is 4.87. The summed E-state index contributed by atoms with van der Waals surface area (Å²) in [5.41, 5.74) is 11.4. The van der Waals surface area contributed by atoms with Gasteiger partial charge in [0.2, 0.25) is 11.8 Å². The highest BCUT2D eigenvalue weighted by atomic mass is 16.2. The molecule has 6 nitrogen and oxygen atoms in total. The molecular weight excluding hydrogens is 436 g/mol. The molecule has 4 rings (SSSR count). The highest BCUT2D eigenvalue weighted by molar-refractivity contribution is 5.93. The van der Waals surface area contributed by atoms with Crippen molar-refractivity contribution in [2.75, 3.05) is 12.4 Å². The lowest BCUT2D eigenvalue weighted by Crippen LogP contribution is -2.38. The molecule has 6 heteroatoms. The van der Waals surface area contributed by atoms with E-state index >= 15 is 0 Å². The molecule has 1 heterocycles. The first-order chi connectivity index (χ1) is 16.9. The molecular formula is C29H34N4O2. The summed E-state index contributed by atoms with van der Waals surface area (Å²) in [5.74, 6) is 0.453. The van der Waals surface area contributed by atoms with Crippen molar-refractivity contribution in [2.24, 2.45) is 11.7 Å². The van der Waals surface area contributed by atoms with Crippen molar-refractivity contribution in [1.82, 2.24) is 9.88 Å². The Kier molecular flexibility index (Phi) is 7.93. The van der Waals surface area contributed by atoms with Crippen molar-refractivity contribution < 1.29 is 9.59 Å². The summed E-state index contributed by atoms with van der Waals surface area (Å²) < 4.78 is 0. The average molecular weight is 471 g/mol. The molecule has 3 N–H and O–H groups in total. The van der Waals surface area contributed by atoms with Crippen molar-refractivity contribution in [3.05, 3.63) is 72.4 Å². The molecule has 1 saturated carbocycles. The fourth-order valence-corrected chi connectivity index (χ4v) is 4.87. The maximum absolute atomic E-state index is 12.9. The van der Waals surface area contributed by atoms with E-state index < -0.39 is 0 Å². The molecule has 0 saturated heterocycles. The summed E-state index contributed by atoms with van der Waals surface area (Å²) in [7, 11) is 1.87. The molecule has 2 aromatic carbocycles. The van der Waals surface area contributed by atoms with Crippen LogP contribution in [0.15, 0.2) is 66.9 Å². The molecule has 1 aromatic heterocycles. The van der Waals surface area contributed by atoms with Crippen LogP contribution in [0.4, 0.5) is 5.69 Å². The molecule has 0 spiro atoms. The van der Waals surface area contributed by atoms with Crippen molar-refractivity contribution in [2.45, 2.75) is 51.6 Å². The van der Waals surface area contributed by atoms with E-state index in [1.165, 1.54) is 0 Å². The minimum absolute atomic E-state index is 0.00855. The van der Waals surface area contributed by atoms with Gasteiger partial charge in [0.15, 0.2) is 0 Å². The zero-order valence-electron chi connectivity index (χ0n) is 20.5. The van der Waals surface area contributed by atoms with Gasteiger partial charge in [-0.15, -0.1) is 0 Å². The lowest BCUT2D eigenvalue weighted by atomic mass is 9.83. The lowest BCUT2D eigenvalue weighted by Gasteiger charge is -2.34. The third-order valence-electron chi connectivity index (χ3n) is 7.05. The highest BCUT2D eigenvalue weighted by Crippen LogP contribution is 2.33. The molecule has 0 bridgehead atoms. The second kappa shape index (κ2) is 11.3.